The Balaban J connectivity index is 1.83. The van der Waals surface area contributed by atoms with Crippen molar-refractivity contribution in [2.75, 3.05) is 12.3 Å². The van der Waals surface area contributed by atoms with E-state index in [2.05, 4.69) is 21.5 Å². The fourth-order valence-corrected chi connectivity index (χ4v) is 4.07. The fourth-order valence-electron chi connectivity index (χ4n) is 2.24. The number of hydrogen-bond donors (Lipinski definition) is 3. The molecule has 3 aromatic rings. The first-order valence-electron chi connectivity index (χ1n) is 7.30. The van der Waals surface area contributed by atoms with Gasteiger partial charge < -0.3 is 10.4 Å². The highest BCUT2D eigenvalue weighted by Crippen LogP contribution is 2.21. The van der Waals surface area contributed by atoms with E-state index in [1.807, 2.05) is 11.4 Å². The van der Waals surface area contributed by atoms with Gasteiger partial charge >= 0.3 is 5.97 Å². The topological polar surface area (TPSA) is 117 Å². The molecule has 3 heterocycles. The van der Waals surface area contributed by atoms with Gasteiger partial charge in [0.05, 0.1) is 0 Å². The number of amides is 1. The number of thioether (sulfide) groups is 1. The molecule has 0 aromatic carbocycles. The third-order valence-corrected chi connectivity index (χ3v) is 5.28. The summed E-state index contributed by atoms with van der Waals surface area (Å²) >= 11 is 3.16. The van der Waals surface area contributed by atoms with Crippen LogP contribution in [0.2, 0.25) is 0 Å². The lowest BCUT2D eigenvalue weighted by Gasteiger charge is -2.07. The number of rotatable bonds is 7. The first-order chi connectivity index (χ1) is 12.1. The number of nitrogens with one attached hydrogen (secondary N) is 2. The number of carbonyl (C=O) groups is 2. The van der Waals surface area contributed by atoms with Crippen LogP contribution in [-0.2, 0) is 11.2 Å². The SMILES string of the molecule is O=C(O)CNC(=O)c1c(=O)cc(SCCc2cccs2)n2[nH]cnc12. The smallest absolute Gasteiger partial charge is 0.322 e. The van der Waals surface area contributed by atoms with Crippen molar-refractivity contribution < 1.29 is 14.7 Å². The van der Waals surface area contributed by atoms with Gasteiger partial charge in [-0.25, -0.2) is 9.50 Å². The molecule has 0 saturated carbocycles. The van der Waals surface area contributed by atoms with Crippen LogP contribution in [0.25, 0.3) is 5.65 Å². The van der Waals surface area contributed by atoms with E-state index in [0.717, 1.165) is 12.2 Å². The minimum atomic E-state index is -1.19. The van der Waals surface area contributed by atoms with Gasteiger partial charge in [-0.1, -0.05) is 6.07 Å². The Hall–Kier alpha value is -2.59. The summed E-state index contributed by atoms with van der Waals surface area (Å²) in [6.45, 7) is -0.563. The highest BCUT2D eigenvalue weighted by atomic mass is 32.2. The van der Waals surface area contributed by atoms with Crippen molar-refractivity contribution in [2.45, 2.75) is 11.4 Å². The zero-order valence-corrected chi connectivity index (χ0v) is 14.5. The van der Waals surface area contributed by atoms with Gasteiger partial charge in [-0.3, -0.25) is 19.5 Å². The highest BCUT2D eigenvalue weighted by Gasteiger charge is 2.19. The molecule has 0 fully saturated rings. The monoisotopic (exact) mass is 378 g/mol. The molecule has 0 aliphatic rings. The molecule has 0 atom stereocenters. The molecular weight excluding hydrogens is 364 g/mol. The number of pyridine rings is 1. The number of fused-ring (bicyclic) bond motifs is 1. The summed E-state index contributed by atoms with van der Waals surface area (Å²) in [4.78, 5) is 40.3. The summed E-state index contributed by atoms with van der Waals surface area (Å²) < 4.78 is 1.55. The molecule has 0 spiro atoms. The summed E-state index contributed by atoms with van der Waals surface area (Å²) in [5.74, 6) is -1.18. The number of carboxylic acid groups (broad SMARTS) is 1. The molecule has 3 N–H and O–H groups in total. The van der Waals surface area contributed by atoms with Crippen LogP contribution >= 0.6 is 23.1 Å². The van der Waals surface area contributed by atoms with Crippen LogP contribution in [-0.4, -0.2) is 43.9 Å². The van der Waals surface area contributed by atoms with Gasteiger partial charge in [0.1, 0.15) is 23.5 Å². The van der Waals surface area contributed by atoms with Crippen molar-refractivity contribution in [3.05, 3.63) is 50.6 Å². The average Bonchev–Trinajstić information content (AvgIpc) is 3.24. The molecule has 8 nitrogen and oxygen atoms in total. The van der Waals surface area contributed by atoms with Gasteiger partial charge in [0.2, 0.25) is 0 Å². The zero-order chi connectivity index (χ0) is 17.8. The van der Waals surface area contributed by atoms with Crippen LogP contribution in [0.3, 0.4) is 0 Å². The van der Waals surface area contributed by atoms with Gasteiger partial charge in [0.15, 0.2) is 11.1 Å². The lowest BCUT2D eigenvalue weighted by Crippen LogP contribution is -2.33. The molecule has 0 radical (unpaired) electrons. The van der Waals surface area contributed by atoms with E-state index in [-0.39, 0.29) is 11.2 Å². The quantitative estimate of drug-likeness (QED) is 0.533. The number of carboxylic acids is 1. The first kappa shape index (κ1) is 17.2. The van der Waals surface area contributed by atoms with Crippen molar-refractivity contribution in [1.82, 2.24) is 19.9 Å². The maximum atomic E-state index is 12.3. The molecule has 25 heavy (non-hydrogen) atoms. The molecule has 10 heteroatoms. The van der Waals surface area contributed by atoms with Crippen LogP contribution in [0.4, 0.5) is 0 Å². The molecule has 0 unspecified atom stereocenters. The molecule has 0 bridgehead atoms. The van der Waals surface area contributed by atoms with Gasteiger partial charge in [-0.15, -0.1) is 23.1 Å². The van der Waals surface area contributed by atoms with Crippen LogP contribution < -0.4 is 10.7 Å². The van der Waals surface area contributed by atoms with E-state index in [4.69, 9.17) is 5.11 Å². The molecule has 130 valence electrons. The Morgan fingerprint density at radius 3 is 3.00 bits per heavy atom. The summed E-state index contributed by atoms with van der Waals surface area (Å²) in [6, 6.07) is 5.41. The number of carbonyl (C=O) groups excluding carboxylic acids is 1. The number of thiophene rings is 1. The third-order valence-electron chi connectivity index (χ3n) is 3.34. The minimum Gasteiger partial charge on any atom is -0.480 e. The van der Waals surface area contributed by atoms with Gasteiger partial charge in [-0.2, -0.15) is 0 Å². The molecule has 0 aliphatic heterocycles. The summed E-state index contributed by atoms with van der Waals surface area (Å²) in [5, 5.41) is 16.4. The highest BCUT2D eigenvalue weighted by molar-refractivity contribution is 7.99. The van der Waals surface area contributed by atoms with Crippen molar-refractivity contribution >= 4 is 40.6 Å². The lowest BCUT2D eigenvalue weighted by molar-refractivity contribution is -0.135. The van der Waals surface area contributed by atoms with Crippen molar-refractivity contribution in [3.63, 3.8) is 0 Å². The molecule has 0 saturated heterocycles. The second-order valence-electron chi connectivity index (χ2n) is 5.02. The Labute approximate surface area is 149 Å². The predicted molar refractivity (Wildman–Crippen MR) is 94.5 cm³/mol. The molecular formula is C15H14N4O4S2. The molecule has 1 amide bonds. The molecule has 0 aliphatic carbocycles. The van der Waals surface area contributed by atoms with Crippen LogP contribution in [0, 0.1) is 0 Å². The van der Waals surface area contributed by atoms with Crippen molar-refractivity contribution in [3.8, 4) is 0 Å². The number of nitrogens with zero attached hydrogens (tertiary/aromatic N) is 2. The Bertz CT molecular complexity index is 962. The summed E-state index contributed by atoms with van der Waals surface area (Å²) in [7, 11) is 0. The number of aliphatic carboxylic acids is 1. The van der Waals surface area contributed by atoms with E-state index < -0.39 is 23.9 Å². The second-order valence-corrected chi connectivity index (χ2v) is 7.17. The van der Waals surface area contributed by atoms with Crippen molar-refractivity contribution in [2.24, 2.45) is 0 Å². The largest absolute Gasteiger partial charge is 0.480 e. The van der Waals surface area contributed by atoms with E-state index in [1.165, 1.54) is 29.0 Å². The number of aromatic amines is 1. The van der Waals surface area contributed by atoms with Gasteiger partial charge in [0, 0.05) is 16.7 Å². The third kappa shape index (κ3) is 3.91. The normalized spacial score (nSPS) is 10.9. The minimum absolute atomic E-state index is 0.175. The number of aromatic nitrogens is 3. The summed E-state index contributed by atoms with van der Waals surface area (Å²) in [5.41, 5.74) is -0.493. The Morgan fingerprint density at radius 2 is 2.28 bits per heavy atom. The fraction of sp³-hybridized carbons (Fsp3) is 0.200. The van der Waals surface area contributed by atoms with Crippen molar-refractivity contribution in [1.29, 1.82) is 0 Å². The zero-order valence-electron chi connectivity index (χ0n) is 12.9. The van der Waals surface area contributed by atoms with Gasteiger partial charge in [-0.05, 0) is 17.9 Å². The van der Waals surface area contributed by atoms with Gasteiger partial charge in [0.25, 0.3) is 5.91 Å². The predicted octanol–water partition coefficient (Wildman–Crippen LogP) is 1.23. The van der Waals surface area contributed by atoms with Crippen LogP contribution in [0.15, 0.2) is 39.7 Å². The van der Waals surface area contributed by atoms with E-state index in [9.17, 15) is 14.4 Å². The lowest BCUT2D eigenvalue weighted by atomic mass is 10.2. The first-order valence-corrected chi connectivity index (χ1v) is 9.17. The summed E-state index contributed by atoms with van der Waals surface area (Å²) in [6.07, 6.45) is 2.25. The van der Waals surface area contributed by atoms with Crippen LogP contribution in [0.5, 0.6) is 0 Å². The maximum absolute atomic E-state index is 12.3. The van der Waals surface area contributed by atoms with Crippen LogP contribution in [0.1, 0.15) is 15.2 Å². The van der Waals surface area contributed by atoms with E-state index in [1.54, 1.807) is 15.9 Å². The standard InChI is InChI=1S/C15H14N4O4S2/c20-10-6-11(25-5-3-9-2-1-4-24-9)19-14(17-8-18-19)13(10)15(23)16-7-12(21)22/h1-2,4,6,8H,3,5,7H2,(H,16,23)(H,17,18)(H,21,22). The Kier molecular flexibility index (Phi) is 5.19. The number of aryl methyl sites for hydroxylation is 1. The average molecular weight is 378 g/mol. The van der Waals surface area contributed by atoms with E-state index in [0.29, 0.717) is 5.03 Å². The number of hydrogen-bond acceptors (Lipinski definition) is 6. The molecule has 3 rings (SSSR count). The Morgan fingerprint density at radius 1 is 1.44 bits per heavy atom. The maximum Gasteiger partial charge on any atom is 0.322 e. The number of H-pyrrole nitrogens is 1. The van der Waals surface area contributed by atoms with E-state index >= 15 is 0 Å². The molecule has 3 aromatic heterocycles. The second kappa shape index (κ2) is 7.53.